The van der Waals surface area contributed by atoms with Crippen molar-refractivity contribution in [2.45, 2.75) is 6.23 Å². The molecule has 3 nitrogen and oxygen atoms in total. The first-order chi connectivity index (χ1) is 4.84. The van der Waals surface area contributed by atoms with Crippen LogP contribution >= 0.6 is 24.8 Å². The Labute approximate surface area is 83.8 Å². The van der Waals surface area contributed by atoms with Gasteiger partial charge in [-0.2, -0.15) is 0 Å². The third-order valence-electron chi connectivity index (χ3n) is 1.27. The van der Waals surface area contributed by atoms with E-state index in [0.717, 1.165) is 5.56 Å². The highest BCUT2D eigenvalue weighted by Gasteiger charge is 2.00. The largest absolute Gasteiger partial charge is 0.373 e. The van der Waals surface area contributed by atoms with E-state index < -0.39 is 6.23 Å². The quantitative estimate of drug-likeness (QED) is 0.388. The highest BCUT2D eigenvalue weighted by atomic mass is 35.5. The number of benzene rings is 1. The van der Waals surface area contributed by atoms with Crippen LogP contribution in [0.3, 0.4) is 0 Å². The molecule has 0 fully saturated rings. The fourth-order valence-electron chi connectivity index (χ4n) is 0.732. The Balaban J connectivity index is 0. The Morgan fingerprint density at radius 1 is 1.17 bits per heavy atom. The average molecular weight is 211 g/mol. The van der Waals surface area contributed by atoms with E-state index in [-0.39, 0.29) is 24.8 Å². The number of rotatable bonds is 2. The normalized spacial score (nSPS) is 10.8. The summed E-state index contributed by atoms with van der Waals surface area (Å²) in [6.45, 7) is 0. The lowest BCUT2D eigenvalue weighted by molar-refractivity contribution is 0.140. The Hall–Kier alpha value is -0.320. The molecule has 1 aromatic carbocycles. The molecule has 1 rings (SSSR count). The summed E-state index contributed by atoms with van der Waals surface area (Å²) in [4.78, 5) is 0. The van der Waals surface area contributed by atoms with Crippen molar-refractivity contribution in [2.75, 3.05) is 0 Å². The van der Waals surface area contributed by atoms with Crippen molar-refractivity contribution in [1.82, 2.24) is 5.43 Å². The van der Waals surface area contributed by atoms with Gasteiger partial charge in [0.25, 0.3) is 0 Å². The van der Waals surface area contributed by atoms with Crippen molar-refractivity contribution in [2.24, 2.45) is 5.84 Å². The second kappa shape index (κ2) is 7.34. The summed E-state index contributed by atoms with van der Waals surface area (Å²) in [6.07, 6.45) is -0.763. The molecule has 0 saturated heterocycles. The minimum atomic E-state index is -0.763. The number of aliphatic hydroxyl groups is 1. The number of nitrogens with one attached hydrogen (secondary N) is 1. The number of nitrogens with two attached hydrogens (primary N) is 1. The van der Waals surface area contributed by atoms with E-state index in [4.69, 9.17) is 10.9 Å². The van der Waals surface area contributed by atoms with Crippen LogP contribution in [0, 0.1) is 0 Å². The molecular formula is C7H12Cl2N2O. The summed E-state index contributed by atoms with van der Waals surface area (Å²) in [5, 5.41) is 9.09. The average Bonchev–Trinajstić information content (AvgIpc) is 2.05. The maximum absolute atomic E-state index is 9.09. The lowest BCUT2D eigenvalue weighted by atomic mass is 10.2. The third-order valence-corrected chi connectivity index (χ3v) is 1.27. The third kappa shape index (κ3) is 3.90. The Morgan fingerprint density at radius 3 is 2.08 bits per heavy atom. The highest BCUT2D eigenvalue weighted by molar-refractivity contribution is 5.85. The minimum absolute atomic E-state index is 0. The van der Waals surface area contributed by atoms with Gasteiger partial charge in [-0.25, -0.2) is 5.43 Å². The molecule has 70 valence electrons. The summed E-state index contributed by atoms with van der Waals surface area (Å²) in [6, 6.07) is 9.16. The molecule has 12 heavy (non-hydrogen) atoms. The molecule has 0 aliphatic heterocycles. The number of hydrogen-bond acceptors (Lipinski definition) is 3. The first-order valence-corrected chi connectivity index (χ1v) is 3.03. The number of hydrazine groups is 1. The van der Waals surface area contributed by atoms with Gasteiger partial charge in [0.05, 0.1) is 0 Å². The predicted octanol–water partition coefficient (Wildman–Crippen LogP) is 0.984. The summed E-state index contributed by atoms with van der Waals surface area (Å²) in [7, 11) is 0. The van der Waals surface area contributed by atoms with Gasteiger partial charge in [0.2, 0.25) is 0 Å². The van der Waals surface area contributed by atoms with E-state index in [2.05, 4.69) is 5.43 Å². The molecule has 5 heteroatoms. The van der Waals surface area contributed by atoms with E-state index in [9.17, 15) is 0 Å². The van der Waals surface area contributed by atoms with Crippen LogP contribution < -0.4 is 11.3 Å². The van der Waals surface area contributed by atoms with E-state index in [0.29, 0.717) is 0 Å². The predicted molar refractivity (Wildman–Crippen MR) is 53.2 cm³/mol. The van der Waals surface area contributed by atoms with Crippen molar-refractivity contribution in [3.8, 4) is 0 Å². The molecule has 0 spiro atoms. The van der Waals surface area contributed by atoms with Gasteiger partial charge in [0, 0.05) is 0 Å². The van der Waals surface area contributed by atoms with E-state index in [1.54, 1.807) is 12.1 Å². The molecule has 1 aromatic rings. The molecule has 1 unspecified atom stereocenters. The summed E-state index contributed by atoms with van der Waals surface area (Å²) in [5.74, 6) is 5.00. The maximum atomic E-state index is 9.09. The van der Waals surface area contributed by atoms with Crippen LogP contribution in [-0.2, 0) is 0 Å². The zero-order valence-corrected chi connectivity index (χ0v) is 7.94. The van der Waals surface area contributed by atoms with Crippen molar-refractivity contribution in [3.63, 3.8) is 0 Å². The fraction of sp³-hybridized carbons (Fsp3) is 0.143. The summed E-state index contributed by atoms with van der Waals surface area (Å²) in [5.41, 5.74) is 3.01. The second-order valence-electron chi connectivity index (χ2n) is 1.98. The molecule has 0 aliphatic rings. The van der Waals surface area contributed by atoms with Crippen LogP contribution in [0.15, 0.2) is 30.3 Å². The number of halogens is 2. The van der Waals surface area contributed by atoms with Crippen LogP contribution in [0.4, 0.5) is 0 Å². The lowest BCUT2D eigenvalue weighted by Crippen LogP contribution is -2.27. The first kappa shape index (κ1) is 14.2. The Morgan fingerprint density at radius 2 is 1.67 bits per heavy atom. The SMILES string of the molecule is Cl.Cl.NNC(O)c1ccccc1. The maximum Gasteiger partial charge on any atom is 0.143 e. The van der Waals surface area contributed by atoms with Crippen LogP contribution in [-0.4, -0.2) is 5.11 Å². The molecular weight excluding hydrogens is 199 g/mol. The van der Waals surface area contributed by atoms with Crippen molar-refractivity contribution in [3.05, 3.63) is 35.9 Å². The van der Waals surface area contributed by atoms with Gasteiger partial charge in [-0.1, -0.05) is 30.3 Å². The topological polar surface area (TPSA) is 58.3 Å². The smallest absolute Gasteiger partial charge is 0.143 e. The molecule has 4 N–H and O–H groups in total. The zero-order chi connectivity index (χ0) is 7.40. The van der Waals surface area contributed by atoms with Gasteiger partial charge in [0.1, 0.15) is 6.23 Å². The van der Waals surface area contributed by atoms with Gasteiger partial charge >= 0.3 is 0 Å². The fourth-order valence-corrected chi connectivity index (χ4v) is 0.732. The van der Waals surface area contributed by atoms with Crippen molar-refractivity contribution >= 4 is 24.8 Å². The molecule has 1 atom stereocenters. The minimum Gasteiger partial charge on any atom is -0.373 e. The van der Waals surface area contributed by atoms with Crippen molar-refractivity contribution in [1.29, 1.82) is 0 Å². The summed E-state index contributed by atoms with van der Waals surface area (Å²) >= 11 is 0. The van der Waals surface area contributed by atoms with Crippen LogP contribution in [0.25, 0.3) is 0 Å². The molecule has 0 aliphatic carbocycles. The van der Waals surface area contributed by atoms with Gasteiger partial charge in [-0.05, 0) is 5.56 Å². The van der Waals surface area contributed by atoms with E-state index in [1.807, 2.05) is 18.2 Å². The molecule has 0 saturated carbocycles. The summed E-state index contributed by atoms with van der Waals surface area (Å²) < 4.78 is 0. The van der Waals surface area contributed by atoms with Crippen molar-refractivity contribution < 1.29 is 5.11 Å². The molecule has 0 heterocycles. The standard InChI is InChI=1S/C7H10N2O.2ClH/c8-9-7(10)6-4-2-1-3-5-6;;/h1-5,7,9-10H,8H2;2*1H. The Kier molecular flexibility index (Phi) is 8.69. The van der Waals surface area contributed by atoms with Gasteiger partial charge < -0.3 is 5.11 Å². The van der Waals surface area contributed by atoms with E-state index in [1.165, 1.54) is 0 Å². The van der Waals surface area contributed by atoms with Crippen LogP contribution in [0.2, 0.25) is 0 Å². The first-order valence-electron chi connectivity index (χ1n) is 3.03. The second-order valence-corrected chi connectivity index (χ2v) is 1.98. The van der Waals surface area contributed by atoms with E-state index >= 15 is 0 Å². The van der Waals surface area contributed by atoms with Gasteiger partial charge in [0.15, 0.2) is 0 Å². The number of hydrogen-bond donors (Lipinski definition) is 3. The molecule has 0 radical (unpaired) electrons. The van der Waals surface area contributed by atoms with Gasteiger partial charge in [-0.3, -0.25) is 5.84 Å². The van der Waals surface area contributed by atoms with Crippen LogP contribution in [0.1, 0.15) is 11.8 Å². The molecule has 0 aromatic heterocycles. The molecule has 0 bridgehead atoms. The van der Waals surface area contributed by atoms with Crippen LogP contribution in [0.5, 0.6) is 0 Å². The molecule has 0 amide bonds. The zero-order valence-electron chi connectivity index (χ0n) is 6.31. The number of aliphatic hydroxyl groups excluding tert-OH is 1. The Bertz CT molecular complexity index is 196. The highest BCUT2D eigenvalue weighted by Crippen LogP contribution is 2.06. The lowest BCUT2D eigenvalue weighted by Gasteiger charge is -2.07. The monoisotopic (exact) mass is 210 g/mol. The van der Waals surface area contributed by atoms with Gasteiger partial charge in [-0.15, -0.1) is 24.8 Å².